The molecule has 0 aromatic carbocycles. The van der Waals surface area contributed by atoms with Gasteiger partial charge in [-0.15, -0.1) is 0 Å². The van der Waals surface area contributed by atoms with Crippen molar-refractivity contribution < 1.29 is 5.11 Å². The highest BCUT2D eigenvalue weighted by atomic mass is 16.3. The summed E-state index contributed by atoms with van der Waals surface area (Å²) in [5.74, 6) is 1.24. The largest absolute Gasteiger partial charge is 0.396 e. The Bertz CT molecular complexity index is 147. The quantitative estimate of drug-likeness (QED) is 0.605. The van der Waals surface area contributed by atoms with Crippen LogP contribution in [0.3, 0.4) is 0 Å². The van der Waals surface area contributed by atoms with Gasteiger partial charge in [-0.3, -0.25) is 0 Å². The van der Waals surface area contributed by atoms with Crippen molar-refractivity contribution in [3.8, 4) is 0 Å². The standard InChI is InChI=1S/C10H18O/c1-8(2)10-5-3-9(7-11)4-6-10/h5,8-9,11H,3-4,6-7H2,1-2H3. The Labute approximate surface area is 69.1 Å². The molecule has 1 unspecified atom stereocenters. The zero-order valence-electron chi connectivity index (χ0n) is 7.51. The van der Waals surface area contributed by atoms with Crippen molar-refractivity contribution in [2.45, 2.75) is 33.1 Å². The van der Waals surface area contributed by atoms with Crippen LogP contribution >= 0.6 is 0 Å². The zero-order valence-corrected chi connectivity index (χ0v) is 7.51. The summed E-state index contributed by atoms with van der Waals surface area (Å²) in [5.41, 5.74) is 1.58. The lowest BCUT2D eigenvalue weighted by molar-refractivity contribution is 0.214. The molecule has 0 saturated heterocycles. The van der Waals surface area contributed by atoms with Crippen molar-refractivity contribution in [1.29, 1.82) is 0 Å². The highest BCUT2D eigenvalue weighted by molar-refractivity contribution is 5.08. The topological polar surface area (TPSA) is 20.2 Å². The van der Waals surface area contributed by atoms with Gasteiger partial charge in [-0.2, -0.15) is 0 Å². The average Bonchev–Trinajstić information content (AvgIpc) is 2.05. The van der Waals surface area contributed by atoms with E-state index in [2.05, 4.69) is 19.9 Å². The van der Waals surface area contributed by atoms with Crippen molar-refractivity contribution in [3.05, 3.63) is 11.6 Å². The first-order chi connectivity index (χ1) is 5.24. The zero-order chi connectivity index (χ0) is 8.27. The summed E-state index contributed by atoms with van der Waals surface area (Å²) < 4.78 is 0. The highest BCUT2D eigenvalue weighted by Gasteiger charge is 2.14. The maximum Gasteiger partial charge on any atom is 0.0462 e. The molecule has 0 radical (unpaired) electrons. The normalized spacial score (nSPS) is 25.5. The van der Waals surface area contributed by atoms with E-state index in [0.717, 1.165) is 6.42 Å². The fourth-order valence-corrected chi connectivity index (χ4v) is 1.60. The number of hydrogen-bond donors (Lipinski definition) is 1. The Kier molecular flexibility index (Phi) is 3.13. The Hall–Kier alpha value is -0.300. The van der Waals surface area contributed by atoms with Gasteiger partial charge >= 0.3 is 0 Å². The van der Waals surface area contributed by atoms with E-state index in [1.807, 2.05) is 0 Å². The predicted molar refractivity (Wildman–Crippen MR) is 47.3 cm³/mol. The van der Waals surface area contributed by atoms with Gasteiger partial charge in [0.25, 0.3) is 0 Å². The second-order valence-corrected chi connectivity index (χ2v) is 3.76. The Morgan fingerprint density at radius 3 is 2.73 bits per heavy atom. The monoisotopic (exact) mass is 154 g/mol. The molecule has 1 nitrogen and oxygen atoms in total. The number of aliphatic hydroxyl groups is 1. The molecule has 1 N–H and O–H groups in total. The molecular formula is C10H18O. The van der Waals surface area contributed by atoms with Crippen LogP contribution in [-0.2, 0) is 0 Å². The van der Waals surface area contributed by atoms with Crippen molar-refractivity contribution in [2.24, 2.45) is 11.8 Å². The van der Waals surface area contributed by atoms with E-state index in [9.17, 15) is 0 Å². The molecule has 1 rings (SSSR count). The molecule has 0 aromatic rings. The van der Waals surface area contributed by atoms with E-state index < -0.39 is 0 Å². The summed E-state index contributed by atoms with van der Waals surface area (Å²) >= 11 is 0. The van der Waals surface area contributed by atoms with E-state index in [4.69, 9.17) is 5.11 Å². The minimum atomic E-state index is 0.363. The van der Waals surface area contributed by atoms with Gasteiger partial charge in [0.1, 0.15) is 0 Å². The van der Waals surface area contributed by atoms with Gasteiger partial charge in [0, 0.05) is 6.61 Å². The summed E-state index contributed by atoms with van der Waals surface area (Å²) in [5, 5.41) is 8.89. The van der Waals surface area contributed by atoms with Crippen LogP contribution in [0.4, 0.5) is 0 Å². The number of allylic oxidation sites excluding steroid dienone is 2. The van der Waals surface area contributed by atoms with Gasteiger partial charge in [-0.1, -0.05) is 25.5 Å². The molecule has 1 atom stereocenters. The van der Waals surface area contributed by atoms with Crippen molar-refractivity contribution >= 4 is 0 Å². The molecule has 0 aromatic heterocycles. The van der Waals surface area contributed by atoms with Crippen LogP contribution < -0.4 is 0 Å². The summed E-state index contributed by atoms with van der Waals surface area (Å²) in [6.07, 6.45) is 5.78. The van der Waals surface area contributed by atoms with Crippen molar-refractivity contribution in [2.75, 3.05) is 6.61 Å². The van der Waals surface area contributed by atoms with Gasteiger partial charge in [0.2, 0.25) is 0 Å². The molecule has 64 valence electrons. The second kappa shape index (κ2) is 3.91. The number of rotatable bonds is 2. The maximum atomic E-state index is 8.89. The van der Waals surface area contributed by atoms with Crippen LogP contribution in [0.1, 0.15) is 33.1 Å². The minimum absolute atomic E-state index is 0.363. The van der Waals surface area contributed by atoms with Crippen LogP contribution in [0.2, 0.25) is 0 Å². The molecule has 0 amide bonds. The average molecular weight is 154 g/mol. The van der Waals surface area contributed by atoms with E-state index in [1.165, 1.54) is 12.8 Å². The first-order valence-electron chi connectivity index (χ1n) is 4.53. The van der Waals surface area contributed by atoms with Crippen molar-refractivity contribution in [1.82, 2.24) is 0 Å². The Balaban J connectivity index is 2.44. The van der Waals surface area contributed by atoms with Gasteiger partial charge in [0.05, 0.1) is 0 Å². The van der Waals surface area contributed by atoms with Crippen LogP contribution in [-0.4, -0.2) is 11.7 Å². The molecule has 0 bridgehead atoms. The molecule has 0 spiro atoms. The van der Waals surface area contributed by atoms with Crippen molar-refractivity contribution in [3.63, 3.8) is 0 Å². The lowest BCUT2D eigenvalue weighted by Gasteiger charge is -2.21. The van der Waals surface area contributed by atoms with Crippen LogP contribution in [0, 0.1) is 11.8 Å². The SMILES string of the molecule is CC(C)C1=CCC(CO)CC1. The Morgan fingerprint density at radius 1 is 1.64 bits per heavy atom. The Morgan fingerprint density at radius 2 is 2.36 bits per heavy atom. The van der Waals surface area contributed by atoms with Gasteiger partial charge in [0.15, 0.2) is 0 Å². The van der Waals surface area contributed by atoms with E-state index in [1.54, 1.807) is 5.57 Å². The second-order valence-electron chi connectivity index (χ2n) is 3.76. The lowest BCUT2D eigenvalue weighted by atomic mass is 9.85. The predicted octanol–water partition coefficient (Wildman–Crippen LogP) is 2.36. The lowest BCUT2D eigenvalue weighted by Crippen LogP contribution is -2.11. The minimum Gasteiger partial charge on any atom is -0.396 e. The van der Waals surface area contributed by atoms with Crippen LogP contribution in [0.5, 0.6) is 0 Å². The fraction of sp³-hybridized carbons (Fsp3) is 0.800. The number of hydrogen-bond acceptors (Lipinski definition) is 1. The molecule has 0 aliphatic heterocycles. The van der Waals surface area contributed by atoms with Crippen LogP contribution in [0.25, 0.3) is 0 Å². The molecule has 0 heterocycles. The summed E-state index contributed by atoms with van der Waals surface area (Å²) in [4.78, 5) is 0. The van der Waals surface area contributed by atoms with Gasteiger partial charge in [-0.25, -0.2) is 0 Å². The summed E-state index contributed by atoms with van der Waals surface area (Å²) in [7, 11) is 0. The van der Waals surface area contributed by atoms with Crippen LogP contribution in [0.15, 0.2) is 11.6 Å². The first kappa shape index (κ1) is 8.79. The molecule has 0 fully saturated rings. The first-order valence-corrected chi connectivity index (χ1v) is 4.53. The van der Waals surface area contributed by atoms with Gasteiger partial charge in [-0.05, 0) is 31.1 Å². The smallest absolute Gasteiger partial charge is 0.0462 e. The van der Waals surface area contributed by atoms with E-state index in [0.29, 0.717) is 18.4 Å². The third-order valence-corrected chi connectivity index (χ3v) is 2.55. The third kappa shape index (κ3) is 2.33. The molecule has 1 aliphatic carbocycles. The fourth-order valence-electron chi connectivity index (χ4n) is 1.60. The van der Waals surface area contributed by atoms with E-state index in [-0.39, 0.29) is 0 Å². The molecule has 1 aliphatic rings. The highest BCUT2D eigenvalue weighted by Crippen LogP contribution is 2.27. The third-order valence-electron chi connectivity index (χ3n) is 2.55. The molecule has 0 saturated carbocycles. The van der Waals surface area contributed by atoms with E-state index >= 15 is 0 Å². The number of aliphatic hydroxyl groups excluding tert-OH is 1. The maximum absolute atomic E-state index is 8.89. The molecule has 1 heteroatoms. The summed E-state index contributed by atoms with van der Waals surface area (Å²) in [6, 6.07) is 0. The van der Waals surface area contributed by atoms with Gasteiger partial charge < -0.3 is 5.11 Å². The molecule has 11 heavy (non-hydrogen) atoms. The summed E-state index contributed by atoms with van der Waals surface area (Å²) in [6.45, 7) is 4.85. The molecular weight excluding hydrogens is 136 g/mol.